The Morgan fingerprint density at radius 1 is 1.50 bits per heavy atom. The van der Waals surface area contributed by atoms with Crippen molar-refractivity contribution in [3.63, 3.8) is 0 Å². The molecule has 3 nitrogen and oxygen atoms in total. The van der Waals surface area contributed by atoms with Gasteiger partial charge in [0.05, 0.1) is 11.7 Å². The van der Waals surface area contributed by atoms with Gasteiger partial charge in [0.2, 0.25) is 5.91 Å². The molecule has 1 heterocycles. The SMILES string of the molecule is CCC(=O)N1CCC(OC(C)(C)C)C1. The highest BCUT2D eigenvalue weighted by Crippen LogP contribution is 2.19. The summed E-state index contributed by atoms with van der Waals surface area (Å²) in [7, 11) is 0. The molecule has 0 aromatic carbocycles. The topological polar surface area (TPSA) is 29.5 Å². The molecule has 1 rings (SSSR count). The molecule has 82 valence electrons. The van der Waals surface area contributed by atoms with Gasteiger partial charge >= 0.3 is 0 Å². The molecule has 14 heavy (non-hydrogen) atoms. The van der Waals surface area contributed by atoms with E-state index in [1.807, 2.05) is 11.8 Å². The molecule has 0 bridgehead atoms. The Balaban J connectivity index is 2.38. The Morgan fingerprint density at radius 3 is 2.64 bits per heavy atom. The van der Waals surface area contributed by atoms with Gasteiger partial charge in [0, 0.05) is 19.5 Å². The first-order valence-electron chi connectivity index (χ1n) is 5.38. The molecule has 1 atom stereocenters. The van der Waals surface area contributed by atoms with E-state index in [2.05, 4.69) is 20.8 Å². The van der Waals surface area contributed by atoms with Crippen LogP contribution in [-0.4, -0.2) is 35.6 Å². The standard InChI is InChI=1S/C11H21NO2/c1-5-10(13)12-7-6-9(8-12)14-11(2,3)4/h9H,5-8H2,1-4H3. The Kier molecular flexibility index (Phi) is 3.53. The Hall–Kier alpha value is -0.570. The maximum Gasteiger partial charge on any atom is 0.222 e. The zero-order valence-electron chi connectivity index (χ0n) is 9.67. The van der Waals surface area contributed by atoms with Crippen molar-refractivity contribution in [1.29, 1.82) is 0 Å². The molecular formula is C11H21NO2. The molecule has 0 aromatic rings. The second-order valence-corrected chi connectivity index (χ2v) is 4.83. The molecule has 3 heteroatoms. The fraction of sp³-hybridized carbons (Fsp3) is 0.909. The molecule has 1 aliphatic heterocycles. The molecule has 0 aromatic heterocycles. The minimum absolute atomic E-state index is 0.101. The minimum atomic E-state index is -0.101. The summed E-state index contributed by atoms with van der Waals surface area (Å²) in [5.41, 5.74) is -0.101. The zero-order chi connectivity index (χ0) is 10.8. The largest absolute Gasteiger partial charge is 0.371 e. The summed E-state index contributed by atoms with van der Waals surface area (Å²) in [4.78, 5) is 13.3. The molecule has 0 aliphatic carbocycles. The van der Waals surface area contributed by atoms with Crippen LogP contribution in [0.5, 0.6) is 0 Å². The number of amides is 1. The van der Waals surface area contributed by atoms with Crippen molar-refractivity contribution in [3.8, 4) is 0 Å². The third kappa shape index (κ3) is 3.29. The van der Waals surface area contributed by atoms with Crippen molar-refractivity contribution in [1.82, 2.24) is 4.90 Å². The predicted molar refractivity (Wildman–Crippen MR) is 56.1 cm³/mol. The lowest BCUT2D eigenvalue weighted by Crippen LogP contribution is -2.32. The highest BCUT2D eigenvalue weighted by molar-refractivity contribution is 5.76. The molecule has 1 amide bonds. The van der Waals surface area contributed by atoms with Gasteiger partial charge in [-0.2, -0.15) is 0 Å². The quantitative estimate of drug-likeness (QED) is 0.679. The minimum Gasteiger partial charge on any atom is -0.371 e. The van der Waals surface area contributed by atoms with Gasteiger partial charge in [-0.3, -0.25) is 4.79 Å². The molecule has 0 saturated carbocycles. The molecule has 0 radical (unpaired) electrons. The fourth-order valence-corrected chi connectivity index (χ4v) is 1.77. The van der Waals surface area contributed by atoms with Gasteiger partial charge in [-0.1, -0.05) is 6.92 Å². The van der Waals surface area contributed by atoms with E-state index in [0.717, 1.165) is 19.5 Å². The number of likely N-dealkylation sites (tertiary alicyclic amines) is 1. The van der Waals surface area contributed by atoms with E-state index >= 15 is 0 Å². The van der Waals surface area contributed by atoms with E-state index in [9.17, 15) is 4.79 Å². The second kappa shape index (κ2) is 4.30. The monoisotopic (exact) mass is 199 g/mol. The summed E-state index contributed by atoms with van der Waals surface area (Å²) in [6.07, 6.45) is 1.80. The van der Waals surface area contributed by atoms with E-state index in [4.69, 9.17) is 4.74 Å². The molecule has 1 aliphatic rings. The van der Waals surface area contributed by atoms with E-state index < -0.39 is 0 Å². The molecular weight excluding hydrogens is 178 g/mol. The number of hydrogen-bond acceptors (Lipinski definition) is 2. The number of hydrogen-bond donors (Lipinski definition) is 0. The summed E-state index contributed by atoms with van der Waals surface area (Å²) in [6.45, 7) is 9.68. The lowest BCUT2D eigenvalue weighted by atomic mass is 10.2. The van der Waals surface area contributed by atoms with Crippen LogP contribution in [0.3, 0.4) is 0 Å². The third-order valence-corrected chi connectivity index (χ3v) is 2.32. The maximum absolute atomic E-state index is 11.4. The summed E-state index contributed by atoms with van der Waals surface area (Å²) in [6, 6.07) is 0. The summed E-state index contributed by atoms with van der Waals surface area (Å²) in [5.74, 6) is 0.241. The Morgan fingerprint density at radius 2 is 2.14 bits per heavy atom. The smallest absolute Gasteiger partial charge is 0.222 e. The van der Waals surface area contributed by atoms with Crippen LogP contribution in [0.25, 0.3) is 0 Å². The van der Waals surface area contributed by atoms with Gasteiger partial charge < -0.3 is 9.64 Å². The summed E-state index contributed by atoms with van der Waals surface area (Å²) >= 11 is 0. The average molecular weight is 199 g/mol. The van der Waals surface area contributed by atoms with Crippen LogP contribution in [0.2, 0.25) is 0 Å². The van der Waals surface area contributed by atoms with Crippen LogP contribution < -0.4 is 0 Å². The van der Waals surface area contributed by atoms with Crippen LogP contribution in [0, 0.1) is 0 Å². The highest BCUT2D eigenvalue weighted by Gasteiger charge is 2.28. The Bertz CT molecular complexity index is 208. The van der Waals surface area contributed by atoms with Crippen molar-refractivity contribution in [2.75, 3.05) is 13.1 Å². The number of carbonyl (C=O) groups is 1. The van der Waals surface area contributed by atoms with E-state index in [1.54, 1.807) is 0 Å². The van der Waals surface area contributed by atoms with Crippen molar-refractivity contribution in [2.45, 2.75) is 52.2 Å². The van der Waals surface area contributed by atoms with Gasteiger partial charge in [-0.15, -0.1) is 0 Å². The average Bonchev–Trinajstić information content (AvgIpc) is 2.48. The molecule has 1 unspecified atom stereocenters. The molecule has 0 N–H and O–H groups in total. The third-order valence-electron chi connectivity index (χ3n) is 2.32. The van der Waals surface area contributed by atoms with Gasteiger partial charge in [0.1, 0.15) is 0 Å². The van der Waals surface area contributed by atoms with Gasteiger partial charge in [-0.05, 0) is 27.2 Å². The first kappa shape index (κ1) is 11.5. The van der Waals surface area contributed by atoms with Crippen molar-refractivity contribution in [3.05, 3.63) is 0 Å². The van der Waals surface area contributed by atoms with Gasteiger partial charge in [-0.25, -0.2) is 0 Å². The molecule has 1 saturated heterocycles. The van der Waals surface area contributed by atoms with Crippen LogP contribution in [0.4, 0.5) is 0 Å². The van der Waals surface area contributed by atoms with Crippen molar-refractivity contribution in [2.24, 2.45) is 0 Å². The van der Waals surface area contributed by atoms with Gasteiger partial charge in [0.25, 0.3) is 0 Å². The first-order chi connectivity index (χ1) is 6.42. The van der Waals surface area contributed by atoms with Crippen molar-refractivity contribution >= 4 is 5.91 Å². The summed E-state index contributed by atoms with van der Waals surface area (Å²) < 4.78 is 5.83. The number of carbonyl (C=O) groups excluding carboxylic acids is 1. The van der Waals surface area contributed by atoms with Gasteiger partial charge in [0.15, 0.2) is 0 Å². The highest BCUT2D eigenvalue weighted by atomic mass is 16.5. The lowest BCUT2D eigenvalue weighted by molar-refractivity contribution is -0.131. The summed E-state index contributed by atoms with van der Waals surface area (Å²) in [5, 5.41) is 0. The van der Waals surface area contributed by atoms with Crippen LogP contribution in [0.1, 0.15) is 40.5 Å². The van der Waals surface area contributed by atoms with E-state index in [0.29, 0.717) is 6.42 Å². The van der Waals surface area contributed by atoms with E-state index in [1.165, 1.54) is 0 Å². The van der Waals surface area contributed by atoms with Crippen LogP contribution in [-0.2, 0) is 9.53 Å². The normalized spacial score (nSPS) is 22.9. The van der Waals surface area contributed by atoms with Crippen molar-refractivity contribution < 1.29 is 9.53 Å². The Labute approximate surface area is 86.4 Å². The number of nitrogens with zero attached hydrogens (tertiary/aromatic N) is 1. The van der Waals surface area contributed by atoms with Crippen LogP contribution in [0.15, 0.2) is 0 Å². The lowest BCUT2D eigenvalue weighted by Gasteiger charge is -2.24. The molecule has 1 fully saturated rings. The zero-order valence-corrected chi connectivity index (χ0v) is 9.67. The second-order valence-electron chi connectivity index (χ2n) is 4.83. The van der Waals surface area contributed by atoms with Crippen LogP contribution >= 0.6 is 0 Å². The molecule has 0 spiro atoms. The maximum atomic E-state index is 11.4. The predicted octanol–water partition coefficient (Wildman–Crippen LogP) is 1.81. The number of rotatable bonds is 2. The fourth-order valence-electron chi connectivity index (χ4n) is 1.77. The first-order valence-corrected chi connectivity index (χ1v) is 5.38. The van der Waals surface area contributed by atoms with E-state index in [-0.39, 0.29) is 17.6 Å². The number of ether oxygens (including phenoxy) is 1.